The summed E-state index contributed by atoms with van der Waals surface area (Å²) < 4.78 is 10.1. The van der Waals surface area contributed by atoms with Gasteiger partial charge in [-0.15, -0.1) is 0 Å². The van der Waals surface area contributed by atoms with Gasteiger partial charge < -0.3 is 19.7 Å². The first-order valence-corrected chi connectivity index (χ1v) is 8.31. The van der Waals surface area contributed by atoms with Crippen LogP contribution in [0, 0.1) is 0 Å². The molecule has 2 rings (SSSR count). The monoisotopic (exact) mass is 336 g/mol. The number of methoxy groups -OCH3 is 1. The minimum absolute atomic E-state index is 0.0106. The van der Waals surface area contributed by atoms with Gasteiger partial charge in [-0.05, 0) is 19.1 Å². The fourth-order valence-electron chi connectivity index (χ4n) is 2.68. The Kier molecular flexibility index (Phi) is 6.87. The highest BCUT2D eigenvalue weighted by molar-refractivity contribution is 5.90. The van der Waals surface area contributed by atoms with Crippen LogP contribution in [0.3, 0.4) is 0 Å². The van der Waals surface area contributed by atoms with Gasteiger partial charge in [0.1, 0.15) is 5.75 Å². The van der Waals surface area contributed by atoms with Crippen molar-refractivity contribution in [1.82, 2.24) is 4.90 Å². The fraction of sp³-hybridized carbons (Fsp3) is 0.529. The van der Waals surface area contributed by atoms with Crippen molar-refractivity contribution in [2.45, 2.75) is 13.3 Å². The molecular formula is C17H26N3O4+. The Balaban J connectivity index is 1.70. The number of benzene rings is 1. The minimum atomic E-state index is -0.243. The quantitative estimate of drug-likeness (QED) is 0.788. The SMILES string of the molecule is CCOC(=O)N1CC[NH+](CCC(=O)Nc2cccc(OC)c2)CC1. The Bertz CT molecular complexity index is 557. The number of amides is 2. The van der Waals surface area contributed by atoms with E-state index in [9.17, 15) is 9.59 Å². The molecule has 1 aromatic rings. The van der Waals surface area contributed by atoms with Gasteiger partial charge in [0, 0.05) is 11.8 Å². The predicted octanol–water partition coefficient (Wildman–Crippen LogP) is 0.381. The van der Waals surface area contributed by atoms with Crippen molar-refractivity contribution in [3.8, 4) is 5.75 Å². The highest BCUT2D eigenvalue weighted by atomic mass is 16.6. The summed E-state index contributed by atoms with van der Waals surface area (Å²) in [6.45, 7) is 5.98. The Morgan fingerprint density at radius 1 is 1.29 bits per heavy atom. The van der Waals surface area contributed by atoms with Gasteiger partial charge in [-0.25, -0.2) is 4.79 Å². The van der Waals surface area contributed by atoms with Crippen molar-refractivity contribution in [2.75, 3.05) is 51.8 Å². The second-order valence-corrected chi connectivity index (χ2v) is 5.72. The topological polar surface area (TPSA) is 72.3 Å². The van der Waals surface area contributed by atoms with E-state index in [2.05, 4.69) is 5.32 Å². The van der Waals surface area contributed by atoms with Gasteiger partial charge in [0.25, 0.3) is 0 Å². The van der Waals surface area contributed by atoms with E-state index in [0.29, 0.717) is 31.9 Å². The number of piperazine rings is 1. The molecule has 2 amide bonds. The van der Waals surface area contributed by atoms with Crippen molar-refractivity contribution < 1.29 is 24.0 Å². The predicted molar refractivity (Wildman–Crippen MR) is 90.4 cm³/mol. The average Bonchev–Trinajstić information content (AvgIpc) is 2.61. The maximum atomic E-state index is 12.1. The molecule has 1 aliphatic rings. The minimum Gasteiger partial charge on any atom is -0.497 e. The number of ether oxygens (including phenoxy) is 2. The molecule has 0 bridgehead atoms. The molecule has 132 valence electrons. The maximum Gasteiger partial charge on any atom is 0.410 e. The molecule has 24 heavy (non-hydrogen) atoms. The molecule has 1 aliphatic heterocycles. The molecule has 0 atom stereocenters. The highest BCUT2D eigenvalue weighted by Crippen LogP contribution is 2.16. The van der Waals surface area contributed by atoms with Crippen LogP contribution >= 0.6 is 0 Å². The first-order valence-electron chi connectivity index (χ1n) is 8.31. The number of hydrogen-bond donors (Lipinski definition) is 2. The largest absolute Gasteiger partial charge is 0.497 e. The summed E-state index contributed by atoms with van der Waals surface area (Å²) in [5, 5.41) is 2.88. The van der Waals surface area contributed by atoms with E-state index < -0.39 is 0 Å². The number of nitrogens with one attached hydrogen (secondary N) is 2. The first kappa shape index (κ1) is 18.1. The lowest BCUT2D eigenvalue weighted by atomic mass is 10.2. The van der Waals surface area contributed by atoms with E-state index in [1.54, 1.807) is 25.0 Å². The second kappa shape index (κ2) is 9.12. The molecule has 0 spiro atoms. The Hall–Kier alpha value is -2.28. The number of hydrogen-bond acceptors (Lipinski definition) is 4. The normalized spacial score (nSPS) is 15.0. The van der Waals surface area contributed by atoms with E-state index in [1.807, 2.05) is 18.2 Å². The molecule has 7 nitrogen and oxygen atoms in total. The summed E-state index contributed by atoms with van der Waals surface area (Å²) in [5.41, 5.74) is 0.737. The van der Waals surface area contributed by atoms with Crippen molar-refractivity contribution >= 4 is 17.7 Å². The first-order chi connectivity index (χ1) is 11.6. The number of nitrogens with zero attached hydrogens (tertiary/aromatic N) is 1. The molecule has 0 aromatic heterocycles. The van der Waals surface area contributed by atoms with Crippen molar-refractivity contribution in [2.24, 2.45) is 0 Å². The molecule has 2 N–H and O–H groups in total. The molecule has 7 heteroatoms. The van der Waals surface area contributed by atoms with Gasteiger partial charge in [-0.2, -0.15) is 0 Å². The van der Waals surface area contributed by atoms with Crippen LogP contribution in [0.2, 0.25) is 0 Å². The standard InChI is InChI=1S/C17H25N3O4/c1-3-24-17(22)20-11-9-19(10-12-20)8-7-16(21)18-14-5-4-6-15(13-14)23-2/h4-6,13H,3,7-12H2,1-2H3,(H,18,21)/p+1. The highest BCUT2D eigenvalue weighted by Gasteiger charge is 2.24. The van der Waals surface area contributed by atoms with Crippen LogP contribution in [0.1, 0.15) is 13.3 Å². The van der Waals surface area contributed by atoms with Gasteiger partial charge in [0.15, 0.2) is 0 Å². The zero-order valence-electron chi connectivity index (χ0n) is 14.3. The molecule has 1 heterocycles. The Morgan fingerprint density at radius 3 is 2.71 bits per heavy atom. The number of quaternary nitrogens is 1. The molecule has 0 saturated carbocycles. The van der Waals surface area contributed by atoms with Crippen LogP contribution in [-0.2, 0) is 9.53 Å². The van der Waals surface area contributed by atoms with Crippen LogP contribution in [0.5, 0.6) is 5.75 Å². The van der Waals surface area contributed by atoms with Crippen LogP contribution in [-0.4, -0.2) is 63.3 Å². The van der Waals surface area contributed by atoms with Gasteiger partial charge in [0.05, 0.1) is 52.9 Å². The third-order valence-corrected chi connectivity index (χ3v) is 4.06. The summed E-state index contributed by atoms with van der Waals surface area (Å²) in [5.74, 6) is 0.706. The molecule has 0 aliphatic carbocycles. The summed E-state index contributed by atoms with van der Waals surface area (Å²) in [6.07, 6.45) is 0.207. The molecule has 0 radical (unpaired) electrons. The van der Waals surface area contributed by atoms with Crippen molar-refractivity contribution in [1.29, 1.82) is 0 Å². The zero-order valence-corrected chi connectivity index (χ0v) is 14.3. The number of rotatable bonds is 6. The van der Waals surface area contributed by atoms with Crippen molar-refractivity contribution in [3.05, 3.63) is 24.3 Å². The summed E-state index contributed by atoms with van der Waals surface area (Å²) in [7, 11) is 1.60. The fourth-order valence-corrected chi connectivity index (χ4v) is 2.68. The van der Waals surface area contributed by atoms with Crippen LogP contribution in [0.4, 0.5) is 10.5 Å². The van der Waals surface area contributed by atoms with Gasteiger partial charge >= 0.3 is 6.09 Å². The Morgan fingerprint density at radius 2 is 2.04 bits per heavy atom. The van der Waals surface area contributed by atoms with E-state index in [-0.39, 0.29) is 12.0 Å². The van der Waals surface area contributed by atoms with Gasteiger partial charge in [-0.3, -0.25) is 9.69 Å². The third kappa shape index (κ3) is 5.42. The third-order valence-electron chi connectivity index (χ3n) is 4.06. The lowest BCUT2D eigenvalue weighted by molar-refractivity contribution is -0.903. The molecule has 1 fully saturated rings. The van der Waals surface area contributed by atoms with Gasteiger partial charge in [0.2, 0.25) is 5.91 Å². The van der Waals surface area contributed by atoms with E-state index in [1.165, 1.54) is 4.90 Å². The summed E-state index contributed by atoms with van der Waals surface area (Å²) in [4.78, 5) is 26.8. The molecule has 1 aromatic carbocycles. The second-order valence-electron chi connectivity index (χ2n) is 5.72. The molecule has 1 saturated heterocycles. The van der Waals surface area contributed by atoms with Crippen LogP contribution < -0.4 is 15.0 Å². The van der Waals surface area contributed by atoms with E-state index in [0.717, 1.165) is 25.3 Å². The Labute approximate surface area is 142 Å². The van der Waals surface area contributed by atoms with E-state index >= 15 is 0 Å². The number of carbonyl (C=O) groups is 2. The average molecular weight is 336 g/mol. The van der Waals surface area contributed by atoms with E-state index in [4.69, 9.17) is 9.47 Å². The lowest BCUT2D eigenvalue weighted by Gasteiger charge is -2.31. The van der Waals surface area contributed by atoms with Crippen LogP contribution in [0.15, 0.2) is 24.3 Å². The summed E-state index contributed by atoms with van der Waals surface area (Å²) >= 11 is 0. The zero-order chi connectivity index (χ0) is 17.4. The summed E-state index contributed by atoms with van der Waals surface area (Å²) in [6, 6.07) is 7.31. The van der Waals surface area contributed by atoms with Crippen LogP contribution in [0.25, 0.3) is 0 Å². The van der Waals surface area contributed by atoms with Gasteiger partial charge in [-0.1, -0.05) is 6.07 Å². The lowest BCUT2D eigenvalue weighted by Crippen LogP contribution is -3.15. The van der Waals surface area contributed by atoms with Crippen molar-refractivity contribution in [3.63, 3.8) is 0 Å². The maximum absolute atomic E-state index is 12.1. The number of carbonyl (C=O) groups excluding carboxylic acids is 2. The molecular weight excluding hydrogens is 310 g/mol. The smallest absolute Gasteiger partial charge is 0.410 e. The molecule has 0 unspecified atom stereocenters. The number of anilines is 1.